The molecule has 0 saturated carbocycles. The minimum Gasteiger partial charge on any atom is -0.368 e. The second-order valence-corrected chi connectivity index (χ2v) is 6.79. The summed E-state index contributed by atoms with van der Waals surface area (Å²) in [5.41, 5.74) is -1.63. The summed E-state index contributed by atoms with van der Waals surface area (Å²) in [6.45, 7) is 3.47. The molecule has 0 aliphatic rings. The molecule has 0 radical (unpaired) electrons. The van der Waals surface area contributed by atoms with E-state index in [0.717, 1.165) is 18.5 Å². The number of anilines is 1. The maximum Gasteiger partial charge on any atom is 0.417 e. The quantitative estimate of drug-likeness (QED) is 0.870. The molecule has 0 bridgehead atoms. The van der Waals surface area contributed by atoms with Crippen LogP contribution in [0, 0.1) is 0 Å². The van der Waals surface area contributed by atoms with Crippen LogP contribution in [0.3, 0.4) is 0 Å². The van der Waals surface area contributed by atoms with Crippen molar-refractivity contribution in [1.29, 1.82) is 0 Å². The van der Waals surface area contributed by atoms with Crippen molar-refractivity contribution in [2.75, 3.05) is 18.1 Å². The minimum absolute atomic E-state index is 0.179. The average molecular weight is 311 g/mol. The van der Waals surface area contributed by atoms with Crippen molar-refractivity contribution in [2.24, 2.45) is 0 Å². The first-order chi connectivity index (χ1) is 8.89. The van der Waals surface area contributed by atoms with Crippen LogP contribution in [0.2, 0.25) is 0 Å². The van der Waals surface area contributed by atoms with Gasteiger partial charge in [0, 0.05) is 18.3 Å². The van der Waals surface area contributed by atoms with Crippen LogP contribution in [0.4, 0.5) is 19.0 Å². The van der Waals surface area contributed by atoms with Crippen molar-refractivity contribution in [2.45, 2.75) is 25.6 Å². The Morgan fingerprint density at radius 3 is 2.25 bits per heavy atom. The fraction of sp³-hybridized carbons (Fsp3) is 0.545. The van der Waals surface area contributed by atoms with E-state index < -0.39 is 27.3 Å². The van der Waals surface area contributed by atoms with E-state index >= 15 is 0 Å². The highest BCUT2D eigenvalue weighted by molar-refractivity contribution is 7.88. The van der Waals surface area contributed by atoms with Gasteiger partial charge in [0.05, 0.1) is 11.8 Å². The van der Waals surface area contributed by atoms with Gasteiger partial charge in [0.15, 0.2) is 0 Å². The number of halogens is 3. The molecular formula is C11H16F3N3O2S. The molecule has 0 unspecified atom stereocenters. The highest BCUT2D eigenvalue weighted by Gasteiger charge is 2.30. The Hall–Kier alpha value is -1.35. The lowest BCUT2D eigenvalue weighted by Gasteiger charge is -2.25. The zero-order chi connectivity index (χ0) is 15.6. The van der Waals surface area contributed by atoms with Gasteiger partial charge in [0.25, 0.3) is 0 Å². The fourth-order valence-electron chi connectivity index (χ4n) is 1.52. The maximum atomic E-state index is 12.3. The fourth-order valence-corrected chi connectivity index (χ4v) is 2.59. The van der Waals surface area contributed by atoms with Gasteiger partial charge < -0.3 is 5.32 Å². The number of hydrogen-bond donors (Lipinski definition) is 2. The van der Waals surface area contributed by atoms with E-state index in [4.69, 9.17) is 0 Å². The SMILES string of the molecule is CC(C)(CNc1ccc(C(F)(F)F)cn1)NS(C)(=O)=O. The van der Waals surface area contributed by atoms with Crippen LogP contribution in [-0.4, -0.2) is 31.7 Å². The zero-order valence-electron chi connectivity index (χ0n) is 11.2. The molecule has 9 heteroatoms. The summed E-state index contributed by atoms with van der Waals surface area (Å²) in [6, 6.07) is 2.10. The lowest BCUT2D eigenvalue weighted by Crippen LogP contribution is -2.47. The first kappa shape index (κ1) is 16.7. The van der Waals surface area contributed by atoms with Crippen LogP contribution >= 0.6 is 0 Å². The second-order valence-electron chi connectivity index (χ2n) is 5.04. The summed E-state index contributed by atoms with van der Waals surface area (Å²) in [6.07, 6.45) is -2.67. The van der Waals surface area contributed by atoms with E-state index in [1.165, 1.54) is 6.07 Å². The molecule has 1 rings (SSSR count). The zero-order valence-corrected chi connectivity index (χ0v) is 12.1. The van der Waals surface area contributed by atoms with Gasteiger partial charge >= 0.3 is 6.18 Å². The molecule has 20 heavy (non-hydrogen) atoms. The van der Waals surface area contributed by atoms with Crippen molar-refractivity contribution in [3.05, 3.63) is 23.9 Å². The van der Waals surface area contributed by atoms with Crippen LogP contribution < -0.4 is 10.0 Å². The van der Waals surface area contributed by atoms with Gasteiger partial charge in [-0.1, -0.05) is 0 Å². The lowest BCUT2D eigenvalue weighted by atomic mass is 10.1. The number of aromatic nitrogens is 1. The predicted octanol–water partition coefficient (Wildman–Crippen LogP) is 1.84. The molecule has 2 N–H and O–H groups in total. The van der Waals surface area contributed by atoms with E-state index in [9.17, 15) is 21.6 Å². The van der Waals surface area contributed by atoms with E-state index in [2.05, 4.69) is 15.0 Å². The molecule has 0 amide bonds. The average Bonchev–Trinajstić information content (AvgIpc) is 2.22. The normalized spacial score (nSPS) is 13.3. The molecule has 0 fully saturated rings. The van der Waals surface area contributed by atoms with Gasteiger partial charge in [-0.15, -0.1) is 0 Å². The number of pyridine rings is 1. The number of hydrogen-bond acceptors (Lipinski definition) is 4. The first-order valence-corrected chi connectivity index (χ1v) is 7.54. The standard InChI is InChI=1S/C11H16F3N3O2S/c1-10(2,17-20(3,18)19)7-16-9-5-4-8(6-15-9)11(12,13)14/h4-6,17H,7H2,1-3H3,(H,15,16). The van der Waals surface area contributed by atoms with Crippen LogP contribution in [0.1, 0.15) is 19.4 Å². The molecule has 0 saturated heterocycles. The first-order valence-electron chi connectivity index (χ1n) is 5.65. The number of sulfonamides is 1. The largest absolute Gasteiger partial charge is 0.417 e. The second kappa shape index (κ2) is 5.57. The Kier molecular flexibility index (Phi) is 4.65. The third kappa shape index (κ3) is 5.74. The molecule has 1 heterocycles. The van der Waals surface area contributed by atoms with Crippen LogP contribution in [0.5, 0.6) is 0 Å². The molecule has 5 nitrogen and oxygen atoms in total. The molecule has 1 aromatic rings. The van der Waals surface area contributed by atoms with Crippen LogP contribution in [0.25, 0.3) is 0 Å². The number of nitrogens with zero attached hydrogens (tertiary/aromatic N) is 1. The summed E-state index contributed by atoms with van der Waals surface area (Å²) >= 11 is 0. The van der Waals surface area contributed by atoms with Crippen molar-refractivity contribution in [3.8, 4) is 0 Å². The third-order valence-corrected chi connectivity index (χ3v) is 3.19. The molecular weight excluding hydrogens is 295 g/mol. The molecule has 0 atom stereocenters. The molecule has 0 spiro atoms. The summed E-state index contributed by atoms with van der Waals surface area (Å²) < 4.78 is 61.7. The molecule has 0 aliphatic carbocycles. The Labute approximate surface area is 115 Å². The van der Waals surface area contributed by atoms with Gasteiger partial charge in [0.1, 0.15) is 5.82 Å². The van der Waals surface area contributed by atoms with E-state index in [1.807, 2.05) is 0 Å². The molecule has 1 aromatic heterocycles. The van der Waals surface area contributed by atoms with Gasteiger partial charge in [-0.05, 0) is 26.0 Å². The van der Waals surface area contributed by atoms with E-state index in [0.29, 0.717) is 0 Å². The lowest BCUT2D eigenvalue weighted by molar-refractivity contribution is -0.137. The van der Waals surface area contributed by atoms with Crippen LogP contribution in [-0.2, 0) is 16.2 Å². The molecule has 0 aliphatic heterocycles. The van der Waals surface area contributed by atoms with Crippen molar-refractivity contribution < 1.29 is 21.6 Å². The summed E-state index contributed by atoms with van der Waals surface area (Å²) in [5, 5.41) is 2.78. The third-order valence-electron chi connectivity index (χ3n) is 2.26. The van der Waals surface area contributed by atoms with Crippen molar-refractivity contribution in [3.63, 3.8) is 0 Å². The monoisotopic (exact) mass is 311 g/mol. The van der Waals surface area contributed by atoms with Crippen LogP contribution in [0.15, 0.2) is 18.3 Å². The van der Waals surface area contributed by atoms with Crippen molar-refractivity contribution >= 4 is 15.8 Å². The van der Waals surface area contributed by atoms with Gasteiger partial charge in [-0.2, -0.15) is 13.2 Å². The highest BCUT2D eigenvalue weighted by Crippen LogP contribution is 2.28. The Bertz CT molecular complexity index is 553. The van der Waals surface area contributed by atoms with Crippen molar-refractivity contribution in [1.82, 2.24) is 9.71 Å². The maximum absolute atomic E-state index is 12.3. The Balaban J connectivity index is 2.67. The highest BCUT2D eigenvalue weighted by atomic mass is 32.2. The number of alkyl halides is 3. The number of rotatable bonds is 5. The smallest absolute Gasteiger partial charge is 0.368 e. The minimum atomic E-state index is -4.43. The van der Waals surface area contributed by atoms with E-state index in [1.54, 1.807) is 13.8 Å². The van der Waals surface area contributed by atoms with Gasteiger partial charge in [-0.25, -0.2) is 18.1 Å². The molecule has 114 valence electrons. The predicted molar refractivity (Wildman–Crippen MR) is 69.8 cm³/mol. The van der Waals surface area contributed by atoms with Gasteiger partial charge in [-0.3, -0.25) is 0 Å². The molecule has 0 aromatic carbocycles. The van der Waals surface area contributed by atoms with E-state index in [-0.39, 0.29) is 12.4 Å². The Morgan fingerprint density at radius 1 is 1.25 bits per heavy atom. The Morgan fingerprint density at radius 2 is 1.85 bits per heavy atom. The summed E-state index contributed by atoms with van der Waals surface area (Å²) in [4.78, 5) is 3.64. The summed E-state index contributed by atoms with van der Waals surface area (Å²) in [5.74, 6) is 0.237. The topological polar surface area (TPSA) is 71.1 Å². The van der Waals surface area contributed by atoms with Gasteiger partial charge in [0.2, 0.25) is 10.0 Å². The number of nitrogens with one attached hydrogen (secondary N) is 2. The summed E-state index contributed by atoms with van der Waals surface area (Å²) in [7, 11) is -3.37.